The molecule has 2 N–H and O–H groups in total. The molecule has 0 aliphatic heterocycles. The fourth-order valence-corrected chi connectivity index (χ4v) is 1.58. The van der Waals surface area contributed by atoms with E-state index in [2.05, 4.69) is 31.4 Å². The van der Waals surface area contributed by atoms with Gasteiger partial charge in [-0.3, -0.25) is 4.79 Å². The molecule has 0 saturated carbocycles. The van der Waals surface area contributed by atoms with E-state index in [-0.39, 0.29) is 5.91 Å². The monoisotopic (exact) mass is 214 g/mol. The van der Waals surface area contributed by atoms with Crippen LogP contribution in [0, 0.1) is 5.92 Å². The van der Waals surface area contributed by atoms with Crippen molar-refractivity contribution in [2.24, 2.45) is 5.92 Å². The molecule has 0 saturated heterocycles. The van der Waals surface area contributed by atoms with E-state index in [1.165, 1.54) is 0 Å². The van der Waals surface area contributed by atoms with Crippen LogP contribution in [0.15, 0.2) is 0 Å². The Balaban J connectivity index is 3.32. The summed E-state index contributed by atoms with van der Waals surface area (Å²) in [4.78, 5) is 11.4. The molecule has 0 heterocycles. The second kappa shape index (κ2) is 9.97. The van der Waals surface area contributed by atoms with E-state index in [1.54, 1.807) is 0 Å². The van der Waals surface area contributed by atoms with Crippen LogP contribution in [0.5, 0.6) is 0 Å². The maximum atomic E-state index is 11.4. The zero-order chi connectivity index (χ0) is 11.5. The van der Waals surface area contributed by atoms with E-state index in [9.17, 15) is 4.79 Å². The molecule has 90 valence electrons. The third-order valence-corrected chi connectivity index (χ3v) is 2.37. The van der Waals surface area contributed by atoms with Crippen LogP contribution in [-0.4, -0.2) is 25.5 Å². The van der Waals surface area contributed by atoms with Gasteiger partial charge in [-0.05, 0) is 18.9 Å². The molecule has 0 radical (unpaired) electrons. The number of amides is 1. The molecule has 15 heavy (non-hydrogen) atoms. The Labute approximate surface area is 94.0 Å². The van der Waals surface area contributed by atoms with Crippen molar-refractivity contribution in [1.82, 2.24) is 10.6 Å². The van der Waals surface area contributed by atoms with Crippen LogP contribution in [0.3, 0.4) is 0 Å². The highest BCUT2D eigenvalue weighted by atomic mass is 16.1. The topological polar surface area (TPSA) is 41.1 Å². The van der Waals surface area contributed by atoms with E-state index >= 15 is 0 Å². The Morgan fingerprint density at radius 3 is 2.47 bits per heavy atom. The average Bonchev–Trinajstić information content (AvgIpc) is 2.17. The molecule has 1 amide bonds. The highest BCUT2D eigenvalue weighted by Crippen LogP contribution is 2.08. The Morgan fingerprint density at radius 2 is 1.87 bits per heavy atom. The summed E-state index contributed by atoms with van der Waals surface area (Å²) < 4.78 is 0. The Morgan fingerprint density at radius 1 is 1.13 bits per heavy atom. The van der Waals surface area contributed by atoms with Crippen molar-refractivity contribution in [1.29, 1.82) is 0 Å². The lowest BCUT2D eigenvalue weighted by Crippen LogP contribution is -2.32. The highest BCUT2D eigenvalue weighted by Gasteiger charge is 2.06. The number of hydrogen-bond acceptors (Lipinski definition) is 2. The quantitative estimate of drug-likeness (QED) is 0.576. The maximum Gasteiger partial charge on any atom is 0.220 e. The molecular formula is C12H26N2O. The van der Waals surface area contributed by atoms with E-state index in [1.807, 2.05) is 0 Å². The summed E-state index contributed by atoms with van der Waals surface area (Å²) in [5.74, 6) is 0.702. The fraction of sp³-hybridized carbons (Fsp3) is 0.917. The maximum absolute atomic E-state index is 11.4. The van der Waals surface area contributed by atoms with Gasteiger partial charge in [0.1, 0.15) is 0 Å². The van der Waals surface area contributed by atoms with Crippen molar-refractivity contribution < 1.29 is 4.79 Å². The summed E-state index contributed by atoms with van der Waals surface area (Å²) in [6, 6.07) is 0. The lowest BCUT2D eigenvalue weighted by atomic mass is 10.0. The lowest BCUT2D eigenvalue weighted by molar-refractivity contribution is -0.121. The van der Waals surface area contributed by atoms with Gasteiger partial charge in [-0.15, -0.1) is 0 Å². The SMILES string of the molecule is CCCNCCNC(=O)CC(C)CCC. The van der Waals surface area contributed by atoms with Gasteiger partial charge in [-0.1, -0.05) is 33.6 Å². The first kappa shape index (κ1) is 14.4. The molecule has 1 atom stereocenters. The van der Waals surface area contributed by atoms with Crippen LogP contribution in [0.25, 0.3) is 0 Å². The van der Waals surface area contributed by atoms with Gasteiger partial charge in [0.25, 0.3) is 0 Å². The summed E-state index contributed by atoms with van der Waals surface area (Å²) in [6.07, 6.45) is 4.11. The van der Waals surface area contributed by atoms with Crippen molar-refractivity contribution in [3.8, 4) is 0 Å². The molecular weight excluding hydrogens is 188 g/mol. The molecule has 3 heteroatoms. The minimum Gasteiger partial charge on any atom is -0.355 e. The summed E-state index contributed by atoms with van der Waals surface area (Å²) in [7, 11) is 0. The van der Waals surface area contributed by atoms with E-state index in [0.29, 0.717) is 12.3 Å². The smallest absolute Gasteiger partial charge is 0.220 e. The third kappa shape index (κ3) is 9.73. The van der Waals surface area contributed by atoms with Crippen molar-refractivity contribution in [3.63, 3.8) is 0 Å². The summed E-state index contributed by atoms with van der Waals surface area (Å²) >= 11 is 0. The normalized spacial score (nSPS) is 12.5. The zero-order valence-electron chi connectivity index (χ0n) is 10.4. The molecule has 3 nitrogen and oxygen atoms in total. The zero-order valence-corrected chi connectivity index (χ0v) is 10.4. The first-order chi connectivity index (χ1) is 7.20. The molecule has 0 aromatic carbocycles. The van der Waals surface area contributed by atoms with E-state index in [4.69, 9.17) is 0 Å². The van der Waals surface area contributed by atoms with Gasteiger partial charge in [0.2, 0.25) is 5.91 Å². The predicted molar refractivity (Wildman–Crippen MR) is 64.9 cm³/mol. The highest BCUT2D eigenvalue weighted by molar-refractivity contribution is 5.76. The molecule has 0 rings (SSSR count). The van der Waals surface area contributed by atoms with Gasteiger partial charge in [0.05, 0.1) is 0 Å². The van der Waals surface area contributed by atoms with Gasteiger partial charge in [0.15, 0.2) is 0 Å². The van der Waals surface area contributed by atoms with Crippen molar-refractivity contribution in [2.45, 2.75) is 46.5 Å². The van der Waals surface area contributed by atoms with Gasteiger partial charge < -0.3 is 10.6 Å². The van der Waals surface area contributed by atoms with Crippen LogP contribution < -0.4 is 10.6 Å². The number of nitrogens with one attached hydrogen (secondary N) is 2. The van der Waals surface area contributed by atoms with Crippen LogP contribution >= 0.6 is 0 Å². The molecule has 0 spiro atoms. The fourth-order valence-electron chi connectivity index (χ4n) is 1.58. The molecule has 0 aliphatic rings. The summed E-state index contributed by atoms with van der Waals surface area (Å²) in [5, 5.41) is 6.18. The molecule has 0 bridgehead atoms. The molecule has 0 aromatic rings. The first-order valence-electron chi connectivity index (χ1n) is 6.18. The van der Waals surface area contributed by atoms with Crippen LogP contribution in [-0.2, 0) is 4.79 Å². The second-order valence-electron chi connectivity index (χ2n) is 4.20. The van der Waals surface area contributed by atoms with Gasteiger partial charge >= 0.3 is 0 Å². The third-order valence-electron chi connectivity index (χ3n) is 2.37. The Kier molecular flexibility index (Phi) is 9.59. The minimum absolute atomic E-state index is 0.189. The van der Waals surface area contributed by atoms with Gasteiger partial charge in [0, 0.05) is 19.5 Å². The number of hydrogen-bond donors (Lipinski definition) is 2. The second-order valence-corrected chi connectivity index (χ2v) is 4.20. The standard InChI is InChI=1S/C12H26N2O/c1-4-6-11(3)10-12(15)14-9-8-13-7-5-2/h11,13H,4-10H2,1-3H3,(H,14,15). The minimum atomic E-state index is 0.189. The van der Waals surface area contributed by atoms with Crippen LogP contribution in [0.1, 0.15) is 46.5 Å². The number of carbonyl (C=O) groups is 1. The largest absolute Gasteiger partial charge is 0.355 e. The van der Waals surface area contributed by atoms with Gasteiger partial charge in [-0.25, -0.2) is 0 Å². The summed E-state index contributed by atoms with van der Waals surface area (Å²) in [6.45, 7) is 9.08. The molecule has 1 unspecified atom stereocenters. The van der Waals surface area contributed by atoms with Crippen molar-refractivity contribution >= 4 is 5.91 Å². The lowest BCUT2D eigenvalue weighted by Gasteiger charge is -2.10. The molecule has 0 aliphatic carbocycles. The Bertz CT molecular complexity index is 160. The molecule has 0 fully saturated rings. The average molecular weight is 214 g/mol. The van der Waals surface area contributed by atoms with E-state index < -0.39 is 0 Å². The Hall–Kier alpha value is -0.570. The van der Waals surface area contributed by atoms with E-state index in [0.717, 1.165) is 38.9 Å². The van der Waals surface area contributed by atoms with Crippen LogP contribution in [0.4, 0.5) is 0 Å². The van der Waals surface area contributed by atoms with Gasteiger partial charge in [-0.2, -0.15) is 0 Å². The number of rotatable bonds is 9. The number of carbonyl (C=O) groups excluding carboxylic acids is 1. The summed E-state index contributed by atoms with van der Waals surface area (Å²) in [5.41, 5.74) is 0. The molecule has 0 aromatic heterocycles. The van der Waals surface area contributed by atoms with Crippen molar-refractivity contribution in [2.75, 3.05) is 19.6 Å². The predicted octanol–water partition coefficient (Wildman–Crippen LogP) is 1.93. The van der Waals surface area contributed by atoms with Crippen LogP contribution in [0.2, 0.25) is 0 Å². The first-order valence-corrected chi connectivity index (χ1v) is 6.18. The van der Waals surface area contributed by atoms with Crippen molar-refractivity contribution in [3.05, 3.63) is 0 Å².